The fraction of sp³-hybridized carbons (Fsp3) is 0.375. The van der Waals surface area contributed by atoms with E-state index < -0.39 is 0 Å². The van der Waals surface area contributed by atoms with Crippen LogP contribution < -0.4 is 4.90 Å². The molecule has 1 heterocycles. The Morgan fingerprint density at radius 1 is 1.33 bits per heavy atom. The fourth-order valence-electron chi connectivity index (χ4n) is 1.98. The Balaban J connectivity index is 2.08. The minimum atomic E-state index is -0.295. The number of amides is 1. The van der Waals surface area contributed by atoms with E-state index in [2.05, 4.69) is 23.2 Å². The Kier molecular flexibility index (Phi) is 7.56. The molecule has 0 N–H and O–H groups in total. The van der Waals surface area contributed by atoms with E-state index in [0.29, 0.717) is 13.0 Å². The van der Waals surface area contributed by atoms with Crippen LogP contribution in [0.15, 0.2) is 39.0 Å². The second kappa shape index (κ2) is 9.67. The van der Waals surface area contributed by atoms with Gasteiger partial charge >= 0.3 is 0 Å². The average Bonchev–Trinajstić information content (AvgIpc) is 3.03. The second-order valence-electron chi connectivity index (χ2n) is 4.76. The first-order valence-electron chi connectivity index (χ1n) is 7.52. The molecule has 0 radical (unpaired) electrons. The Bertz CT molecular complexity index is 699. The van der Waals surface area contributed by atoms with Gasteiger partial charge in [0, 0.05) is 12.2 Å². The molecule has 126 valence electrons. The van der Waals surface area contributed by atoms with Gasteiger partial charge in [-0.2, -0.15) is 5.26 Å². The summed E-state index contributed by atoms with van der Waals surface area (Å²) in [6, 6.07) is 11.6. The molecule has 0 unspecified atom stereocenters. The highest BCUT2D eigenvalue weighted by molar-refractivity contribution is 8.03. The first-order chi connectivity index (χ1) is 11.7. The van der Waals surface area contributed by atoms with Crippen molar-refractivity contribution in [3.63, 3.8) is 0 Å². The predicted octanol–water partition coefficient (Wildman–Crippen LogP) is 4.08. The summed E-state index contributed by atoms with van der Waals surface area (Å²) in [6.07, 6.45) is 0.300. The molecular weight excluding hydrogens is 360 g/mol. The van der Waals surface area contributed by atoms with Crippen molar-refractivity contribution in [2.75, 3.05) is 17.2 Å². The Labute approximate surface area is 154 Å². The van der Waals surface area contributed by atoms with Gasteiger partial charge in [-0.05, 0) is 24.8 Å². The molecule has 0 saturated carbocycles. The van der Waals surface area contributed by atoms with Crippen molar-refractivity contribution < 1.29 is 4.79 Å². The van der Waals surface area contributed by atoms with Crippen molar-refractivity contribution in [1.82, 2.24) is 10.2 Å². The van der Waals surface area contributed by atoms with E-state index in [9.17, 15) is 4.79 Å². The van der Waals surface area contributed by atoms with Gasteiger partial charge in [0.2, 0.25) is 5.91 Å². The van der Waals surface area contributed by atoms with Gasteiger partial charge < -0.3 is 4.90 Å². The molecule has 1 aromatic carbocycles. The largest absolute Gasteiger partial charge is 0.310 e. The summed E-state index contributed by atoms with van der Waals surface area (Å²) in [5, 5.41) is 16.8. The van der Waals surface area contributed by atoms with Crippen molar-refractivity contribution in [2.24, 2.45) is 0 Å². The van der Waals surface area contributed by atoms with Crippen LogP contribution in [0, 0.1) is 11.3 Å². The van der Waals surface area contributed by atoms with Gasteiger partial charge in [0.05, 0.1) is 17.7 Å². The van der Waals surface area contributed by atoms with Crippen LogP contribution in [-0.2, 0) is 4.79 Å². The molecule has 1 atom stereocenters. The third kappa shape index (κ3) is 5.23. The van der Waals surface area contributed by atoms with E-state index in [-0.39, 0.29) is 11.2 Å². The van der Waals surface area contributed by atoms with Crippen molar-refractivity contribution in [1.29, 1.82) is 5.26 Å². The number of hydrogen-bond donors (Lipinski definition) is 0. The van der Waals surface area contributed by atoms with Crippen LogP contribution in [0.2, 0.25) is 0 Å². The van der Waals surface area contributed by atoms with Crippen molar-refractivity contribution >= 4 is 46.5 Å². The van der Waals surface area contributed by atoms with Crippen LogP contribution >= 0.6 is 34.9 Å². The molecular formula is C16H18N4OS3. The summed E-state index contributed by atoms with van der Waals surface area (Å²) in [7, 11) is 0. The third-order valence-corrected chi connectivity index (χ3v) is 6.17. The van der Waals surface area contributed by atoms with Crippen molar-refractivity contribution in [3.8, 4) is 6.07 Å². The van der Waals surface area contributed by atoms with E-state index in [1.165, 1.54) is 23.1 Å². The lowest BCUT2D eigenvalue weighted by Crippen LogP contribution is -2.37. The molecule has 1 aromatic heterocycles. The van der Waals surface area contributed by atoms with Crippen LogP contribution in [0.1, 0.15) is 20.3 Å². The maximum absolute atomic E-state index is 12.8. The van der Waals surface area contributed by atoms with Crippen molar-refractivity contribution in [2.45, 2.75) is 34.2 Å². The Hall–Kier alpha value is -1.56. The molecule has 0 aliphatic rings. The first kappa shape index (κ1) is 18.8. The number of benzene rings is 1. The van der Waals surface area contributed by atoms with E-state index in [1.807, 2.05) is 37.3 Å². The second-order valence-corrected chi connectivity index (χ2v) is 8.84. The molecule has 5 nitrogen and oxygen atoms in total. The topological polar surface area (TPSA) is 69.9 Å². The minimum Gasteiger partial charge on any atom is -0.310 e. The van der Waals surface area contributed by atoms with Crippen molar-refractivity contribution in [3.05, 3.63) is 30.3 Å². The third-order valence-electron chi connectivity index (χ3n) is 3.06. The van der Waals surface area contributed by atoms with Crippen LogP contribution in [0.25, 0.3) is 0 Å². The highest BCUT2D eigenvalue weighted by atomic mass is 32.2. The lowest BCUT2D eigenvalue weighted by Gasteiger charge is -2.24. The zero-order chi connectivity index (χ0) is 17.4. The molecule has 0 fully saturated rings. The lowest BCUT2D eigenvalue weighted by atomic mass is 10.2. The number of aromatic nitrogens is 2. The molecule has 0 spiro atoms. The number of para-hydroxylation sites is 1. The standard InChI is InChI=1S/C16H18N4OS3/c1-3-22-15-18-19-16(24-15)23-12(2)14(21)20(11-7-10-17)13-8-5-4-6-9-13/h4-6,8-9,12H,3,7,11H2,1-2H3/t12-/m1/s1. The zero-order valence-corrected chi connectivity index (χ0v) is 16.0. The molecule has 0 aliphatic carbocycles. The average molecular weight is 379 g/mol. The number of nitrogens with zero attached hydrogens (tertiary/aromatic N) is 4. The van der Waals surface area contributed by atoms with Crippen LogP contribution in [0.4, 0.5) is 5.69 Å². The van der Waals surface area contributed by atoms with Crippen LogP contribution in [-0.4, -0.2) is 33.7 Å². The van der Waals surface area contributed by atoms with Gasteiger partial charge in [-0.1, -0.05) is 60.0 Å². The summed E-state index contributed by atoms with van der Waals surface area (Å²) in [5.74, 6) is 0.922. The Morgan fingerprint density at radius 3 is 2.71 bits per heavy atom. The number of rotatable bonds is 8. The van der Waals surface area contributed by atoms with E-state index in [4.69, 9.17) is 5.26 Å². The number of carbonyl (C=O) groups is 1. The molecule has 2 aromatic rings. The van der Waals surface area contributed by atoms with Crippen LogP contribution in [0.5, 0.6) is 0 Å². The minimum absolute atomic E-state index is 0.0265. The van der Waals surface area contributed by atoms with Crippen LogP contribution in [0.3, 0.4) is 0 Å². The number of thioether (sulfide) groups is 2. The number of carbonyl (C=O) groups excluding carboxylic acids is 1. The molecule has 0 bridgehead atoms. The first-order valence-corrected chi connectivity index (χ1v) is 10.2. The number of hydrogen-bond acceptors (Lipinski definition) is 7. The lowest BCUT2D eigenvalue weighted by molar-refractivity contribution is -0.117. The fourth-order valence-corrected chi connectivity index (χ4v) is 5.11. The van der Waals surface area contributed by atoms with E-state index in [0.717, 1.165) is 20.1 Å². The molecule has 8 heteroatoms. The maximum atomic E-state index is 12.8. The Morgan fingerprint density at radius 2 is 2.04 bits per heavy atom. The molecule has 1 amide bonds. The summed E-state index contributed by atoms with van der Waals surface area (Å²) >= 11 is 4.57. The predicted molar refractivity (Wildman–Crippen MR) is 101 cm³/mol. The zero-order valence-electron chi connectivity index (χ0n) is 13.5. The molecule has 0 aliphatic heterocycles. The summed E-state index contributed by atoms with van der Waals surface area (Å²) in [6.45, 7) is 4.32. The molecule has 2 rings (SSSR count). The summed E-state index contributed by atoms with van der Waals surface area (Å²) in [4.78, 5) is 14.5. The molecule has 24 heavy (non-hydrogen) atoms. The monoisotopic (exact) mass is 378 g/mol. The summed E-state index contributed by atoms with van der Waals surface area (Å²) in [5.41, 5.74) is 0.810. The highest BCUT2D eigenvalue weighted by Gasteiger charge is 2.24. The number of nitriles is 1. The van der Waals surface area contributed by atoms with Gasteiger partial charge in [-0.3, -0.25) is 4.79 Å². The van der Waals surface area contributed by atoms with Gasteiger partial charge in [-0.25, -0.2) is 0 Å². The highest BCUT2D eigenvalue weighted by Crippen LogP contribution is 2.32. The summed E-state index contributed by atoms with van der Waals surface area (Å²) < 4.78 is 1.71. The van der Waals surface area contributed by atoms with Gasteiger partial charge in [0.1, 0.15) is 0 Å². The van der Waals surface area contributed by atoms with Gasteiger partial charge in [0.15, 0.2) is 8.68 Å². The van der Waals surface area contributed by atoms with Gasteiger partial charge in [0.25, 0.3) is 0 Å². The van der Waals surface area contributed by atoms with E-state index in [1.54, 1.807) is 16.7 Å². The smallest absolute Gasteiger partial charge is 0.240 e. The normalized spacial score (nSPS) is 11.7. The van der Waals surface area contributed by atoms with Gasteiger partial charge in [-0.15, -0.1) is 10.2 Å². The number of anilines is 1. The maximum Gasteiger partial charge on any atom is 0.240 e. The molecule has 0 saturated heterocycles. The van der Waals surface area contributed by atoms with E-state index >= 15 is 0 Å². The quantitative estimate of drug-likeness (QED) is 0.645. The SMILES string of the molecule is CCSc1nnc(S[C@H](C)C(=O)N(CCC#N)c2ccccc2)s1.